The van der Waals surface area contributed by atoms with Gasteiger partial charge in [0.1, 0.15) is 6.61 Å². The molecule has 9 heteroatoms. The van der Waals surface area contributed by atoms with Crippen LogP contribution in [-0.2, 0) is 16.1 Å². The minimum atomic E-state index is -2.76. The molecule has 1 aliphatic rings. The van der Waals surface area contributed by atoms with Crippen LogP contribution in [-0.4, -0.2) is 16.6 Å². The lowest BCUT2D eigenvalue weighted by molar-refractivity contribution is -0.124. The molecule has 3 aromatic rings. The molecular weight excluding hydrogens is 464 g/mol. The minimum Gasteiger partial charge on any atom is -0.485 e. The average molecular weight is 488 g/mol. The predicted octanol–water partition coefficient (Wildman–Crippen LogP) is 6.32. The zero-order valence-electron chi connectivity index (χ0n) is 19.1. The Bertz CT molecular complexity index is 1240. The Morgan fingerprint density at radius 3 is 2.54 bits per heavy atom. The Morgan fingerprint density at radius 2 is 1.89 bits per heavy atom. The number of alkyl halides is 2. The van der Waals surface area contributed by atoms with Crippen LogP contribution in [0.2, 0.25) is 0 Å². The van der Waals surface area contributed by atoms with Crippen molar-refractivity contribution in [3.63, 3.8) is 0 Å². The molecule has 4 rings (SSSR count). The molecule has 2 aromatic carbocycles. The monoisotopic (exact) mass is 488 g/mol. The van der Waals surface area contributed by atoms with Crippen molar-refractivity contribution in [1.29, 1.82) is 0 Å². The number of hydrogen-bond acceptors (Lipinski definition) is 3. The van der Waals surface area contributed by atoms with Crippen LogP contribution in [0, 0.1) is 24.5 Å². The van der Waals surface area contributed by atoms with E-state index in [2.05, 4.69) is 11.9 Å². The van der Waals surface area contributed by atoms with Crippen molar-refractivity contribution < 1.29 is 31.8 Å². The first-order valence-corrected chi connectivity index (χ1v) is 10.9. The Labute approximate surface area is 200 Å². The van der Waals surface area contributed by atoms with E-state index in [0.29, 0.717) is 10.1 Å². The molecule has 0 radical (unpaired) electrons. The van der Waals surface area contributed by atoms with Crippen molar-refractivity contribution in [3.8, 4) is 5.75 Å². The first-order chi connectivity index (χ1) is 16.7. The normalized spacial score (nSPS) is 19.6. The van der Waals surface area contributed by atoms with Crippen LogP contribution >= 0.6 is 0 Å². The highest BCUT2D eigenvalue weighted by atomic mass is 19.3. The summed E-state index contributed by atoms with van der Waals surface area (Å²) < 4.78 is 67.2. The van der Waals surface area contributed by atoms with Gasteiger partial charge in [-0.1, -0.05) is 49.9 Å². The van der Waals surface area contributed by atoms with E-state index >= 15 is 0 Å². The molecule has 1 aliphatic heterocycles. The zero-order valence-corrected chi connectivity index (χ0v) is 19.1. The molecule has 35 heavy (non-hydrogen) atoms. The number of nitrogens with zero attached hydrogens (tertiary/aromatic N) is 1. The Kier molecular flexibility index (Phi) is 6.86. The van der Waals surface area contributed by atoms with Crippen LogP contribution in [0.3, 0.4) is 0 Å². The molecule has 3 atom stereocenters. The van der Waals surface area contributed by atoms with Crippen LogP contribution in [0.4, 0.5) is 23.2 Å². The second-order valence-electron chi connectivity index (χ2n) is 8.44. The number of nitrogens with one attached hydrogen (secondary N) is 1. The molecule has 1 fully saturated rings. The maximum Gasteiger partial charge on any atom is 0.318 e. The summed E-state index contributed by atoms with van der Waals surface area (Å²) in [4.78, 5) is 13.2. The molecule has 0 saturated carbocycles. The second-order valence-corrected chi connectivity index (χ2v) is 8.44. The average Bonchev–Trinajstić information content (AvgIpc) is 3.35. The largest absolute Gasteiger partial charge is 0.485 e. The number of allylic oxidation sites excluding steroid dienone is 1. The van der Waals surface area contributed by atoms with Crippen molar-refractivity contribution >= 4 is 11.6 Å². The smallest absolute Gasteiger partial charge is 0.318 e. The SMILES string of the molecule is C=C1O[C@@H](C(=O)Nc2cn(C(F)F)cc2C)[C@H](c2ccc(F)c(F)c2OCc2ccccc2)[C@@H]1C. The maximum atomic E-state index is 14.9. The van der Waals surface area contributed by atoms with Crippen molar-refractivity contribution in [1.82, 2.24) is 4.57 Å². The van der Waals surface area contributed by atoms with Gasteiger partial charge in [-0.15, -0.1) is 0 Å². The lowest BCUT2D eigenvalue weighted by atomic mass is 9.83. The highest BCUT2D eigenvalue weighted by Crippen LogP contribution is 2.46. The van der Waals surface area contributed by atoms with Gasteiger partial charge in [0.15, 0.2) is 17.7 Å². The number of aryl methyl sites for hydroxylation is 1. The fraction of sp³-hybridized carbons (Fsp3) is 0.269. The maximum absolute atomic E-state index is 14.9. The Hall–Kier alpha value is -3.75. The number of ether oxygens (including phenoxy) is 2. The van der Waals surface area contributed by atoms with Gasteiger partial charge in [0.25, 0.3) is 5.91 Å². The third kappa shape index (κ3) is 4.89. The van der Waals surface area contributed by atoms with Crippen molar-refractivity contribution in [3.05, 3.63) is 95.5 Å². The lowest BCUT2D eigenvalue weighted by Crippen LogP contribution is -2.33. The molecule has 1 amide bonds. The molecular formula is C26H24F4N2O3. The van der Waals surface area contributed by atoms with Gasteiger partial charge in [-0.2, -0.15) is 13.2 Å². The quantitative estimate of drug-likeness (QED) is 0.396. The van der Waals surface area contributed by atoms with Crippen LogP contribution in [0.5, 0.6) is 5.75 Å². The topological polar surface area (TPSA) is 52.5 Å². The third-order valence-corrected chi connectivity index (χ3v) is 6.10. The van der Waals surface area contributed by atoms with Crippen molar-refractivity contribution in [2.75, 3.05) is 5.32 Å². The van der Waals surface area contributed by atoms with E-state index < -0.39 is 42.0 Å². The van der Waals surface area contributed by atoms with Crippen LogP contribution in [0.1, 0.15) is 36.1 Å². The zero-order chi connectivity index (χ0) is 25.3. The number of amides is 1. The van der Waals surface area contributed by atoms with Gasteiger partial charge in [0.2, 0.25) is 5.82 Å². The van der Waals surface area contributed by atoms with Gasteiger partial charge in [-0.3, -0.25) is 9.36 Å². The van der Waals surface area contributed by atoms with E-state index in [4.69, 9.17) is 9.47 Å². The van der Waals surface area contributed by atoms with Crippen LogP contribution in [0.15, 0.2) is 67.2 Å². The predicted molar refractivity (Wildman–Crippen MR) is 122 cm³/mol. The highest BCUT2D eigenvalue weighted by molar-refractivity contribution is 5.96. The Balaban J connectivity index is 1.65. The summed E-state index contributed by atoms with van der Waals surface area (Å²) in [6.07, 6.45) is 1.15. The standard InChI is InChI=1S/C26H24F4N2O3/c1-14-11-32(26(29)30)12-20(14)31-25(33)24-21(15(2)16(3)35-24)18-9-10-19(27)22(28)23(18)34-13-17-7-5-4-6-8-17/h4-12,15,21,24,26H,3,13H2,1-2H3,(H,31,33)/t15-,21+,24-/m1/s1. The summed E-state index contributed by atoms with van der Waals surface area (Å²) in [7, 11) is 0. The van der Waals surface area contributed by atoms with E-state index in [-0.39, 0.29) is 29.4 Å². The molecule has 0 spiro atoms. The molecule has 1 aromatic heterocycles. The molecule has 0 unspecified atom stereocenters. The Morgan fingerprint density at radius 1 is 1.17 bits per heavy atom. The lowest BCUT2D eigenvalue weighted by Gasteiger charge is -2.23. The van der Waals surface area contributed by atoms with Crippen molar-refractivity contribution in [2.45, 2.75) is 39.0 Å². The van der Waals surface area contributed by atoms with Gasteiger partial charge in [0, 0.05) is 29.8 Å². The third-order valence-electron chi connectivity index (χ3n) is 6.10. The fourth-order valence-electron chi connectivity index (χ4n) is 4.17. The van der Waals surface area contributed by atoms with E-state index in [1.807, 2.05) is 6.07 Å². The first-order valence-electron chi connectivity index (χ1n) is 10.9. The van der Waals surface area contributed by atoms with E-state index in [0.717, 1.165) is 17.8 Å². The van der Waals surface area contributed by atoms with Gasteiger partial charge >= 0.3 is 6.55 Å². The van der Waals surface area contributed by atoms with E-state index in [1.165, 1.54) is 12.3 Å². The molecule has 184 valence electrons. The summed E-state index contributed by atoms with van der Waals surface area (Å²) >= 11 is 0. The first kappa shape index (κ1) is 24.4. The summed E-state index contributed by atoms with van der Waals surface area (Å²) in [5, 5.41) is 2.60. The number of carbonyl (C=O) groups excluding carboxylic acids is 1. The van der Waals surface area contributed by atoms with Crippen molar-refractivity contribution in [2.24, 2.45) is 5.92 Å². The summed E-state index contributed by atoms with van der Waals surface area (Å²) in [5.74, 6) is -4.13. The number of anilines is 1. The minimum absolute atomic E-state index is 0.0195. The van der Waals surface area contributed by atoms with Gasteiger partial charge < -0.3 is 14.8 Å². The molecule has 1 N–H and O–H groups in total. The van der Waals surface area contributed by atoms with Crippen LogP contribution in [0.25, 0.3) is 0 Å². The summed E-state index contributed by atoms with van der Waals surface area (Å²) in [6.45, 7) is 4.39. The fourth-order valence-corrected chi connectivity index (χ4v) is 4.17. The molecule has 5 nitrogen and oxygen atoms in total. The number of halogens is 4. The molecule has 1 saturated heterocycles. The number of aromatic nitrogens is 1. The number of benzene rings is 2. The summed E-state index contributed by atoms with van der Waals surface area (Å²) in [5.41, 5.74) is 1.61. The van der Waals surface area contributed by atoms with Crippen LogP contribution < -0.4 is 10.1 Å². The number of hydrogen-bond donors (Lipinski definition) is 1. The molecule has 0 aliphatic carbocycles. The molecule has 2 heterocycles. The van der Waals surface area contributed by atoms with Gasteiger partial charge in [-0.05, 0) is 24.1 Å². The number of rotatable bonds is 7. The van der Waals surface area contributed by atoms with E-state index in [9.17, 15) is 22.4 Å². The summed E-state index contributed by atoms with van der Waals surface area (Å²) in [6, 6.07) is 11.3. The van der Waals surface area contributed by atoms with Gasteiger partial charge in [-0.25, -0.2) is 4.39 Å². The van der Waals surface area contributed by atoms with E-state index in [1.54, 1.807) is 38.1 Å². The molecule has 0 bridgehead atoms. The number of carbonyl (C=O) groups is 1. The highest BCUT2D eigenvalue weighted by Gasteiger charge is 2.45. The second kappa shape index (κ2) is 9.85. The van der Waals surface area contributed by atoms with Gasteiger partial charge in [0.05, 0.1) is 11.4 Å².